The van der Waals surface area contributed by atoms with Gasteiger partial charge in [0.2, 0.25) is 0 Å². The molecule has 1 aliphatic rings. The molecule has 1 fully saturated rings. The largest absolute Gasteiger partial charge is 0.391 e. The summed E-state index contributed by atoms with van der Waals surface area (Å²) < 4.78 is 0. The summed E-state index contributed by atoms with van der Waals surface area (Å²) >= 11 is 0. The summed E-state index contributed by atoms with van der Waals surface area (Å²) in [5.74, 6) is 0. The maximum Gasteiger partial charge on any atom is 0.0741 e. The van der Waals surface area contributed by atoms with Crippen LogP contribution in [0.2, 0.25) is 0 Å². The van der Waals surface area contributed by atoms with Crippen molar-refractivity contribution in [3.8, 4) is 6.07 Å². The second-order valence-electron chi connectivity index (χ2n) is 4.28. The number of aliphatic hydroxyl groups excluding tert-OH is 1. The summed E-state index contributed by atoms with van der Waals surface area (Å²) in [6, 6.07) is 10.1. The molecular formula is C13H16N2O. The number of nitrogens with zero attached hydrogens (tertiary/aromatic N) is 1. The van der Waals surface area contributed by atoms with Gasteiger partial charge in [0, 0.05) is 5.69 Å². The zero-order chi connectivity index (χ0) is 11.4. The zero-order valence-corrected chi connectivity index (χ0v) is 9.19. The highest BCUT2D eigenvalue weighted by Crippen LogP contribution is 2.23. The summed E-state index contributed by atoms with van der Waals surface area (Å²) in [4.78, 5) is 0. The maximum absolute atomic E-state index is 9.68. The average Bonchev–Trinajstić information content (AvgIpc) is 2.68. The third kappa shape index (κ3) is 2.53. The van der Waals surface area contributed by atoms with Crippen molar-refractivity contribution < 1.29 is 5.11 Å². The van der Waals surface area contributed by atoms with Gasteiger partial charge in [-0.3, -0.25) is 0 Å². The fourth-order valence-corrected chi connectivity index (χ4v) is 2.13. The van der Waals surface area contributed by atoms with E-state index < -0.39 is 0 Å². The number of benzene rings is 1. The fraction of sp³-hybridized carbons (Fsp3) is 0.462. The lowest BCUT2D eigenvalue weighted by atomic mass is 10.1. The Morgan fingerprint density at radius 1 is 1.31 bits per heavy atom. The Balaban J connectivity index is 1.97. The number of anilines is 1. The summed E-state index contributed by atoms with van der Waals surface area (Å²) in [7, 11) is 0. The van der Waals surface area contributed by atoms with E-state index in [4.69, 9.17) is 5.26 Å². The molecule has 3 heteroatoms. The fourth-order valence-electron chi connectivity index (χ4n) is 2.13. The lowest BCUT2D eigenvalue weighted by molar-refractivity contribution is 0.172. The van der Waals surface area contributed by atoms with Gasteiger partial charge in [-0.25, -0.2) is 0 Å². The van der Waals surface area contributed by atoms with Gasteiger partial charge in [-0.1, -0.05) is 12.1 Å². The molecule has 0 unspecified atom stereocenters. The smallest absolute Gasteiger partial charge is 0.0741 e. The summed E-state index contributed by atoms with van der Waals surface area (Å²) in [5.41, 5.74) is 2.05. The third-order valence-electron chi connectivity index (χ3n) is 3.07. The van der Waals surface area contributed by atoms with Gasteiger partial charge in [0.25, 0.3) is 0 Å². The first-order valence-electron chi connectivity index (χ1n) is 5.70. The van der Waals surface area contributed by atoms with Gasteiger partial charge in [-0.2, -0.15) is 5.26 Å². The minimum atomic E-state index is -0.223. The van der Waals surface area contributed by atoms with Crippen molar-refractivity contribution >= 4 is 5.69 Å². The van der Waals surface area contributed by atoms with Gasteiger partial charge < -0.3 is 10.4 Å². The molecular weight excluding hydrogens is 200 g/mol. The molecule has 2 atom stereocenters. The molecule has 0 bridgehead atoms. The van der Waals surface area contributed by atoms with Crippen LogP contribution in [0.1, 0.15) is 24.8 Å². The van der Waals surface area contributed by atoms with Gasteiger partial charge in [0.05, 0.1) is 24.6 Å². The predicted octanol–water partition coefficient (Wildman–Crippen LogP) is 2.08. The van der Waals surface area contributed by atoms with E-state index >= 15 is 0 Å². The van der Waals surface area contributed by atoms with E-state index in [-0.39, 0.29) is 12.1 Å². The molecule has 1 aliphatic carbocycles. The Morgan fingerprint density at radius 3 is 2.62 bits per heavy atom. The molecule has 16 heavy (non-hydrogen) atoms. The average molecular weight is 216 g/mol. The highest BCUT2D eigenvalue weighted by atomic mass is 16.3. The predicted molar refractivity (Wildman–Crippen MR) is 63.0 cm³/mol. The first-order chi connectivity index (χ1) is 7.79. The molecule has 3 nitrogen and oxygen atoms in total. The molecule has 0 saturated heterocycles. The second kappa shape index (κ2) is 5.00. The Bertz CT molecular complexity index is 380. The van der Waals surface area contributed by atoms with Crippen LogP contribution in [0.25, 0.3) is 0 Å². The van der Waals surface area contributed by atoms with E-state index in [2.05, 4.69) is 11.4 Å². The van der Waals surface area contributed by atoms with E-state index in [1.54, 1.807) is 0 Å². The third-order valence-corrected chi connectivity index (χ3v) is 3.07. The normalized spacial score (nSPS) is 24.0. The molecule has 84 valence electrons. The Morgan fingerprint density at radius 2 is 2.06 bits per heavy atom. The topological polar surface area (TPSA) is 56.0 Å². The van der Waals surface area contributed by atoms with Crippen LogP contribution in [0.4, 0.5) is 5.69 Å². The van der Waals surface area contributed by atoms with Gasteiger partial charge >= 0.3 is 0 Å². The van der Waals surface area contributed by atoms with Gasteiger partial charge in [0.1, 0.15) is 0 Å². The van der Waals surface area contributed by atoms with Crippen molar-refractivity contribution in [1.82, 2.24) is 0 Å². The Hall–Kier alpha value is -1.53. The number of aliphatic hydroxyl groups is 1. The highest BCUT2D eigenvalue weighted by molar-refractivity contribution is 5.46. The summed E-state index contributed by atoms with van der Waals surface area (Å²) in [6.07, 6.45) is 3.24. The maximum atomic E-state index is 9.68. The molecule has 0 aromatic heterocycles. The standard InChI is InChI=1S/C13H16N2O/c14-9-8-10-4-6-11(7-5-10)15-12-2-1-3-13(12)16/h4-7,12-13,15-16H,1-3,8H2/t12-,13-/m1/s1. The van der Waals surface area contributed by atoms with Crippen molar-refractivity contribution in [1.29, 1.82) is 5.26 Å². The molecule has 0 amide bonds. The molecule has 0 aliphatic heterocycles. The quantitative estimate of drug-likeness (QED) is 0.813. The van der Waals surface area contributed by atoms with Gasteiger partial charge in [-0.15, -0.1) is 0 Å². The van der Waals surface area contributed by atoms with E-state index in [9.17, 15) is 5.11 Å². The van der Waals surface area contributed by atoms with Crippen molar-refractivity contribution in [2.24, 2.45) is 0 Å². The van der Waals surface area contributed by atoms with Crippen molar-refractivity contribution in [2.75, 3.05) is 5.32 Å². The summed E-state index contributed by atoms with van der Waals surface area (Å²) in [6.45, 7) is 0. The van der Waals surface area contributed by atoms with E-state index in [0.717, 1.165) is 30.5 Å². The molecule has 2 rings (SSSR count). The summed E-state index contributed by atoms with van der Waals surface area (Å²) in [5, 5.41) is 21.6. The Labute approximate surface area is 95.7 Å². The number of hydrogen-bond donors (Lipinski definition) is 2. The van der Waals surface area contributed by atoms with Gasteiger partial charge in [-0.05, 0) is 37.0 Å². The van der Waals surface area contributed by atoms with Crippen molar-refractivity contribution in [2.45, 2.75) is 37.8 Å². The molecule has 0 heterocycles. The van der Waals surface area contributed by atoms with Crippen LogP contribution in [-0.2, 0) is 6.42 Å². The van der Waals surface area contributed by atoms with Crippen LogP contribution in [0.3, 0.4) is 0 Å². The minimum absolute atomic E-state index is 0.182. The molecule has 1 aromatic carbocycles. The van der Waals surface area contributed by atoms with Crippen LogP contribution >= 0.6 is 0 Å². The molecule has 2 N–H and O–H groups in total. The monoisotopic (exact) mass is 216 g/mol. The van der Waals surface area contributed by atoms with E-state index in [1.807, 2.05) is 24.3 Å². The van der Waals surface area contributed by atoms with Crippen LogP contribution in [0, 0.1) is 11.3 Å². The minimum Gasteiger partial charge on any atom is -0.391 e. The van der Waals surface area contributed by atoms with Crippen LogP contribution in [0.15, 0.2) is 24.3 Å². The van der Waals surface area contributed by atoms with Crippen molar-refractivity contribution in [3.63, 3.8) is 0 Å². The SMILES string of the molecule is N#CCc1ccc(N[C@@H]2CCC[C@H]2O)cc1. The van der Waals surface area contributed by atoms with Crippen LogP contribution in [0.5, 0.6) is 0 Å². The molecule has 0 spiro atoms. The zero-order valence-electron chi connectivity index (χ0n) is 9.19. The van der Waals surface area contributed by atoms with Gasteiger partial charge in [0.15, 0.2) is 0 Å². The molecule has 1 aromatic rings. The molecule has 0 radical (unpaired) electrons. The van der Waals surface area contributed by atoms with Crippen LogP contribution < -0.4 is 5.32 Å². The van der Waals surface area contributed by atoms with E-state index in [1.165, 1.54) is 0 Å². The van der Waals surface area contributed by atoms with Crippen LogP contribution in [-0.4, -0.2) is 17.3 Å². The Kier molecular flexibility index (Phi) is 3.43. The van der Waals surface area contributed by atoms with E-state index in [0.29, 0.717) is 6.42 Å². The number of rotatable bonds is 3. The lowest BCUT2D eigenvalue weighted by Crippen LogP contribution is -2.27. The number of nitriles is 1. The first kappa shape index (κ1) is 11.0. The lowest BCUT2D eigenvalue weighted by Gasteiger charge is -2.17. The molecule has 1 saturated carbocycles. The van der Waals surface area contributed by atoms with Crippen molar-refractivity contribution in [3.05, 3.63) is 29.8 Å². The first-order valence-corrected chi connectivity index (χ1v) is 5.70. The number of nitrogens with one attached hydrogen (secondary N) is 1. The second-order valence-corrected chi connectivity index (χ2v) is 4.28. The number of hydrogen-bond acceptors (Lipinski definition) is 3. The highest BCUT2D eigenvalue weighted by Gasteiger charge is 2.24.